The second kappa shape index (κ2) is 15.3. The number of aliphatic imine (C=N–C) groups is 1. The molecule has 0 aliphatic heterocycles. The number of nitrogens with one attached hydrogen (secondary N) is 3. The first-order valence-electron chi connectivity index (χ1n) is 10.8. The molecule has 0 aliphatic carbocycles. The number of aliphatic hydroxyl groups excluding tert-OH is 1. The third kappa shape index (κ3) is 10.3. The number of benzene rings is 2. The molecular weight excluding hydrogens is 535 g/mol. The van der Waals surface area contributed by atoms with Crippen molar-refractivity contribution in [3.05, 3.63) is 59.7 Å². The van der Waals surface area contributed by atoms with Gasteiger partial charge in [-0.1, -0.05) is 18.2 Å². The number of nitrogens with zero attached hydrogens (tertiary/aromatic N) is 1. The second-order valence-corrected chi connectivity index (χ2v) is 7.39. The molecule has 0 saturated carbocycles. The van der Waals surface area contributed by atoms with E-state index in [1.807, 2.05) is 45.0 Å². The Morgan fingerprint density at radius 3 is 2.36 bits per heavy atom. The molecule has 182 valence electrons. The predicted octanol–water partition coefficient (Wildman–Crippen LogP) is 3.12. The number of guanidine groups is 1. The molecule has 0 radical (unpaired) electrons. The van der Waals surface area contributed by atoms with E-state index in [-0.39, 0.29) is 42.5 Å². The first-order valence-corrected chi connectivity index (χ1v) is 10.8. The summed E-state index contributed by atoms with van der Waals surface area (Å²) in [6.45, 7) is 7.69. The molecule has 0 aromatic heterocycles. The van der Waals surface area contributed by atoms with E-state index < -0.39 is 6.10 Å². The van der Waals surface area contributed by atoms with E-state index >= 15 is 0 Å². The molecule has 0 saturated heterocycles. The molecule has 33 heavy (non-hydrogen) atoms. The smallest absolute Gasteiger partial charge is 0.251 e. The lowest BCUT2D eigenvalue weighted by Crippen LogP contribution is -2.41. The molecule has 8 nitrogen and oxygen atoms in total. The minimum atomic E-state index is -0.730. The van der Waals surface area contributed by atoms with Gasteiger partial charge in [-0.05, 0) is 56.7 Å². The summed E-state index contributed by atoms with van der Waals surface area (Å²) in [4.78, 5) is 16.7. The Kier molecular flexibility index (Phi) is 13.2. The Labute approximate surface area is 213 Å². The van der Waals surface area contributed by atoms with E-state index in [4.69, 9.17) is 9.47 Å². The summed E-state index contributed by atoms with van der Waals surface area (Å²) in [5.41, 5.74) is 1.31. The van der Waals surface area contributed by atoms with Crippen LogP contribution in [0.25, 0.3) is 0 Å². The molecule has 1 atom stereocenters. The number of methoxy groups -OCH3 is 1. The molecule has 1 unspecified atom stereocenters. The van der Waals surface area contributed by atoms with Gasteiger partial charge < -0.3 is 30.5 Å². The van der Waals surface area contributed by atoms with Gasteiger partial charge in [0, 0.05) is 25.2 Å². The first-order chi connectivity index (χ1) is 15.4. The van der Waals surface area contributed by atoms with Crippen LogP contribution in [0.1, 0.15) is 42.8 Å². The van der Waals surface area contributed by atoms with Crippen LogP contribution in [0.2, 0.25) is 0 Å². The SMILES string of the molecule is CCNC(=NCC(O)c1ccc(OC(C)C)cc1)NCCNC(=O)c1cccc(OC)c1.I. The molecule has 0 spiro atoms. The van der Waals surface area contributed by atoms with Crippen LogP contribution in [0, 0.1) is 0 Å². The van der Waals surface area contributed by atoms with Crippen molar-refractivity contribution in [2.45, 2.75) is 33.0 Å². The van der Waals surface area contributed by atoms with Crippen molar-refractivity contribution in [1.82, 2.24) is 16.0 Å². The van der Waals surface area contributed by atoms with Crippen LogP contribution in [-0.4, -0.2) is 56.4 Å². The number of amides is 1. The zero-order valence-corrected chi connectivity index (χ0v) is 22.0. The average Bonchev–Trinajstić information content (AvgIpc) is 2.79. The van der Waals surface area contributed by atoms with Crippen LogP contribution in [0.4, 0.5) is 0 Å². The van der Waals surface area contributed by atoms with Gasteiger partial charge >= 0.3 is 0 Å². The Morgan fingerprint density at radius 1 is 1.03 bits per heavy atom. The molecule has 2 aromatic rings. The van der Waals surface area contributed by atoms with Gasteiger partial charge in [0.2, 0.25) is 0 Å². The maximum absolute atomic E-state index is 12.3. The fourth-order valence-electron chi connectivity index (χ4n) is 2.89. The van der Waals surface area contributed by atoms with Gasteiger partial charge in [0.05, 0.1) is 25.9 Å². The van der Waals surface area contributed by atoms with Crippen LogP contribution in [0.5, 0.6) is 11.5 Å². The number of hydrogen-bond acceptors (Lipinski definition) is 5. The van der Waals surface area contributed by atoms with Crippen molar-refractivity contribution < 1.29 is 19.4 Å². The summed E-state index contributed by atoms with van der Waals surface area (Å²) < 4.78 is 10.8. The maximum atomic E-state index is 12.3. The number of halogens is 1. The number of carbonyl (C=O) groups is 1. The summed E-state index contributed by atoms with van der Waals surface area (Å²) in [6.07, 6.45) is -0.629. The van der Waals surface area contributed by atoms with Crippen molar-refractivity contribution in [3.63, 3.8) is 0 Å². The monoisotopic (exact) mass is 570 g/mol. The molecule has 0 fully saturated rings. The van der Waals surface area contributed by atoms with Crippen LogP contribution in [0.3, 0.4) is 0 Å². The highest BCUT2D eigenvalue weighted by Gasteiger charge is 2.09. The number of carbonyl (C=O) groups excluding carboxylic acids is 1. The fourth-order valence-corrected chi connectivity index (χ4v) is 2.89. The van der Waals surface area contributed by atoms with Gasteiger partial charge in [-0.25, -0.2) is 0 Å². The predicted molar refractivity (Wildman–Crippen MR) is 142 cm³/mol. The summed E-state index contributed by atoms with van der Waals surface area (Å²) in [7, 11) is 1.57. The molecule has 2 aromatic carbocycles. The maximum Gasteiger partial charge on any atom is 0.251 e. The average molecular weight is 570 g/mol. The fraction of sp³-hybridized carbons (Fsp3) is 0.417. The van der Waals surface area contributed by atoms with Gasteiger partial charge in [0.25, 0.3) is 5.91 Å². The molecule has 4 N–H and O–H groups in total. The first kappa shape index (κ1) is 28.5. The highest BCUT2D eigenvalue weighted by atomic mass is 127. The molecule has 2 rings (SSSR count). The van der Waals surface area contributed by atoms with Crippen LogP contribution < -0.4 is 25.4 Å². The zero-order valence-electron chi connectivity index (χ0n) is 19.6. The van der Waals surface area contributed by atoms with Gasteiger partial charge in [-0.15, -0.1) is 24.0 Å². The van der Waals surface area contributed by atoms with Gasteiger partial charge in [0.15, 0.2) is 5.96 Å². The van der Waals surface area contributed by atoms with E-state index in [1.165, 1.54) is 0 Å². The van der Waals surface area contributed by atoms with E-state index in [0.717, 1.165) is 11.3 Å². The van der Waals surface area contributed by atoms with E-state index in [1.54, 1.807) is 31.4 Å². The lowest BCUT2D eigenvalue weighted by Gasteiger charge is -2.14. The molecule has 0 aliphatic rings. The third-order valence-corrected chi connectivity index (χ3v) is 4.44. The Balaban J connectivity index is 0.00000544. The highest BCUT2D eigenvalue weighted by molar-refractivity contribution is 14.0. The number of ether oxygens (including phenoxy) is 2. The third-order valence-electron chi connectivity index (χ3n) is 4.44. The second-order valence-electron chi connectivity index (χ2n) is 7.39. The van der Waals surface area contributed by atoms with Crippen molar-refractivity contribution in [2.24, 2.45) is 4.99 Å². The Hall–Kier alpha value is -2.53. The van der Waals surface area contributed by atoms with Gasteiger partial charge in [-0.2, -0.15) is 0 Å². The minimum absolute atomic E-state index is 0. The summed E-state index contributed by atoms with van der Waals surface area (Å²) in [5, 5.41) is 19.6. The summed E-state index contributed by atoms with van der Waals surface area (Å²) in [6, 6.07) is 14.4. The molecule has 1 amide bonds. The van der Waals surface area contributed by atoms with Crippen molar-refractivity contribution in [1.29, 1.82) is 0 Å². The Morgan fingerprint density at radius 2 is 1.73 bits per heavy atom. The van der Waals surface area contributed by atoms with E-state index in [2.05, 4.69) is 20.9 Å². The molecule has 0 heterocycles. The van der Waals surface area contributed by atoms with E-state index in [0.29, 0.717) is 36.9 Å². The highest BCUT2D eigenvalue weighted by Crippen LogP contribution is 2.19. The Bertz CT molecular complexity index is 875. The quantitative estimate of drug-likeness (QED) is 0.143. The van der Waals surface area contributed by atoms with Gasteiger partial charge in [0.1, 0.15) is 11.5 Å². The number of rotatable bonds is 11. The van der Waals surface area contributed by atoms with Crippen molar-refractivity contribution in [2.75, 3.05) is 33.3 Å². The topological polar surface area (TPSA) is 104 Å². The normalized spacial score (nSPS) is 11.9. The van der Waals surface area contributed by atoms with Crippen molar-refractivity contribution >= 4 is 35.8 Å². The number of hydrogen-bond donors (Lipinski definition) is 4. The lowest BCUT2D eigenvalue weighted by molar-refractivity contribution is 0.0954. The van der Waals surface area contributed by atoms with Crippen molar-refractivity contribution in [3.8, 4) is 11.5 Å². The molecule has 9 heteroatoms. The number of aliphatic hydroxyl groups is 1. The minimum Gasteiger partial charge on any atom is -0.497 e. The van der Waals surface area contributed by atoms with Gasteiger partial charge in [-0.3, -0.25) is 9.79 Å². The summed E-state index contributed by atoms with van der Waals surface area (Å²) in [5.74, 6) is 1.80. The largest absolute Gasteiger partial charge is 0.497 e. The lowest BCUT2D eigenvalue weighted by atomic mass is 10.1. The van der Waals surface area contributed by atoms with Crippen LogP contribution in [0.15, 0.2) is 53.5 Å². The van der Waals surface area contributed by atoms with Crippen LogP contribution >= 0.6 is 24.0 Å². The van der Waals surface area contributed by atoms with E-state index in [9.17, 15) is 9.90 Å². The summed E-state index contributed by atoms with van der Waals surface area (Å²) >= 11 is 0. The molecular formula is C24H35IN4O4. The molecule has 0 bridgehead atoms. The van der Waals surface area contributed by atoms with Crippen LogP contribution in [-0.2, 0) is 0 Å². The standard InChI is InChI=1S/C24H34N4O4.HI/c1-5-25-24(27-14-13-26-23(30)19-7-6-8-21(15-19)31-4)28-16-22(29)18-9-11-20(12-10-18)32-17(2)3;/h6-12,15,17,22,29H,5,13-14,16H2,1-4H3,(H,26,30)(H2,25,27,28);1H. The zero-order chi connectivity index (χ0) is 23.3.